The van der Waals surface area contributed by atoms with E-state index in [-0.39, 0.29) is 25.0 Å². The molecule has 0 saturated heterocycles. The van der Waals surface area contributed by atoms with Crippen LogP contribution in [0.5, 0.6) is 0 Å². The molecule has 0 saturated carbocycles. The highest BCUT2D eigenvalue weighted by molar-refractivity contribution is 6.02. The van der Waals surface area contributed by atoms with Gasteiger partial charge in [-0.25, -0.2) is 0 Å². The number of ether oxygens (including phenoxy) is 2. The predicted octanol–water partition coefficient (Wildman–Crippen LogP) is 3.83. The highest BCUT2D eigenvalue weighted by atomic mass is 16.6. The summed E-state index contributed by atoms with van der Waals surface area (Å²) in [5.74, 6) is -1.11. The maximum Gasteiger partial charge on any atom is 0.326 e. The fourth-order valence-corrected chi connectivity index (χ4v) is 4.21. The minimum Gasteiger partial charge on any atom is -0.465 e. The number of rotatable bonds is 9. The predicted molar refractivity (Wildman–Crippen MR) is 135 cm³/mol. The van der Waals surface area contributed by atoms with Crippen LogP contribution in [0.3, 0.4) is 0 Å². The Balaban J connectivity index is 1.83. The SMILES string of the molecule is CCOC(=O)CN1C(=O)C(N[C@@H](CCc2ccccc2)C(=O)OC(C)(C)C)CCc2ccccc21. The standard InChI is InChI=1S/C28H36N2O5/c1-5-34-25(31)19-30-24-14-10-9-13-21(24)16-18-22(26(30)32)29-23(27(33)35-28(2,3)4)17-15-20-11-7-6-8-12-20/h6-14,22-23,29H,5,15-19H2,1-4H3/t22?,23-/m0/s1. The molecule has 35 heavy (non-hydrogen) atoms. The molecule has 1 heterocycles. The Morgan fingerprint density at radius 2 is 1.77 bits per heavy atom. The van der Waals surface area contributed by atoms with Crippen molar-refractivity contribution in [2.24, 2.45) is 0 Å². The van der Waals surface area contributed by atoms with E-state index in [9.17, 15) is 14.4 Å². The normalized spacial score (nSPS) is 16.7. The van der Waals surface area contributed by atoms with Gasteiger partial charge in [0.2, 0.25) is 5.91 Å². The molecule has 0 radical (unpaired) electrons. The molecule has 2 aromatic rings. The summed E-state index contributed by atoms with van der Waals surface area (Å²) in [4.78, 5) is 40.6. The monoisotopic (exact) mass is 480 g/mol. The second-order valence-electron chi connectivity index (χ2n) is 9.73. The Hall–Kier alpha value is -3.19. The fourth-order valence-electron chi connectivity index (χ4n) is 4.21. The van der Waals surface area contributed by atoms with Crippen molar-refractivity contribution in [2.75, 3.05) is 18.1 Å². The summed E-state index contributed by atoms with van der Waals surface area (Å²) in [7, 11) is 0. The summed E-state index contributed by atoms with van der Waals surface area (Å²) in [5.41, 5.74) is 2.13. The van der Waals surface area contributed by atoms with E-state index in [0.717, 1.165) is 11.1 Å². The van der Waals surface area contributed by atoms with Crippen LogP contribution in [0.25, 0.3) is 0 Å². The molecule has 0 spiro atoms. The number of carbonyl (C=O) groups excluding carboxylic acids is 3. The van der Waals surface area contributed by atoms with Gasteiger partial charge in [-0.3, -0.25) is 24.6 Å². The van der Waals surface area contributed by atoms with Gasteiger partial charge in [0.15, 0.2) is 0 Å². The van der Waals surface area contributed by atoms with Crippen LogP contribution in [0.1, 0.15) is 51.7 Å². The minimum atomic E-state index is -0.672. The van der Waals surface area contributed by atoms with Crippen molar-refractivity contribution >= 4 is 23.5 Å². The molecule has 0 bridgehead atoms. The zero-order chi connectivity index (χ0) is 25.4. The van der Waals surface area contributed by atoms with Crippen LogP contribution in [-0.4, -0.2) is 48.7 Å². The quantitative estimate of drug-likeness (QED) is 0.549. The molecule has 1 amide bonds. The number of benzene rings is 2. The zero-order valence-corrected chi connectivity index (χ0v) is 21.1. The highest BCUT2D eigenvalue weighted by Crippen LogP contribution is 2.27. The molecule has 1 unspecified atom stereocenters. The molecule has 7 nitrogen and oxygen atoms in total. The van der Waals surface area contributed by atoms with Crippen molar-refractivity contribution in [3.63, 3.8) is 0 Å². The van der Waals surface area contributed by atoms with Crippen molar-refractivity contribution in [2.45, 2.75) is 71.1 Å². The first-order valence-electron chi connectivity index (χ1n) is 12.3. The maximum atomic E-state index is 13.7. The number of hydrogen-bond acceptors (Lipinski definition) is 6. The molecular formula is C28H36N2O5. The van der Waals surface area contributed by atoms with Crippen molar-refractivity contribution in [3.8, 4) is 0 Å². The van der Waals surface area contributed by atoms with Gasteiger partial charge in [0.25, 0.3) is 0 Å². The number of nitrogens with zero attached hydrogens (tertiary/aromatic N) is 1. The van der Waals surface area contributed by atoms with Crippen molar-refractivity contribution in [3.05, 3.63) is 65.7 Å². The lowest BCUT2D eigenvalue weighted by atomic mass is 10.0. The second-order valence-corrected chi connectivity index (χ2v) is 9.73. The van der Waals surface area contributed by atoms with Gasteiger partial charge in [-0.2, -0.15) is 0 Å². The lowest BCUT2D eigenvalue weighted by Gasteiger charge is -2.29. The topological polar surface area (TPSA) is 84.9 Å². The van der Waals surface area contributed by atoms with Crippen LogP contribution in [0.15, 0.2) is 54.6 Å². The lowest BCUT2D eigenvalue weighted by Crippen LogP contribution is -2.53. The average molecular weight is 481 g/mol. The molecule has 1 aliphatic rings. The van der Waals surface area contributed by atoms with Gasteiger partial charge in [0.1, 0.15) is 18.2 Å². The smallest absolute Gasteiger partial charge is 0.326 e. The van der Waals surface area contributed by atoms with E-state index in [1.165, 1.54) is 4.90 Å². The van der Waals surface area contributed by atoms with Crippen molar-refractivity contribution < 1.29 is 23.9 Å². The van der Waals surface area contributed by atoms with Gasteiger partial charge in [0.05, 0.1) is 12.6 Å². The number of aryl methyl sites for hydroxylation is 2. The first-order chi connectivity index (χ1) is 16.7. The zero-order valence-electron chi connectivity index (χ0n) is 21.1. The number of hydrogen-bond donors (Lipinski definition) is 1. The summed E-state index contributed by atoms with van der Waals surface area (Å²) >= 11 is 0. The summed E-state index contributed by atoms with van der Waals surface area (Å²) in [6, 6.07) is 16.2. The molecule has 0 aromatic heterocycles. The first kappa shape index (κ1) is 26.4. The Morgan fingerprint density at radius 3 is 2.46 bits per heavy atom. The van der Waals surface area contributed by atoms with E-state index in [1.807, 2.05) is 75.4 Å². The Morgan fingerprint density at radius 1 is 1.09 bits per heavy atom. The molecule has 2 aromatic carbocycles. The summed E-state index contributed by atoms with van der Waals surface area (Å²) in [5, 5.41) is 3.29. The number of nitrogens with one attached hydrogen (secondary N) is 1. The van der Waals surface area contributed by atoms with Crippen LogP contribution in [-0.2, 0) is 36.7 Å². The number of amides is 1. The number of fused-ring (bicyclic) bond motifs is 1. The van der Waals surface area contributed by atoms with Gasteiger partial charge in [-0.1, -0.05) is 48.5 Å². The van der Waals surface area contributed by atoms with Gasteiger partial charge in [0, 0.05) is 5.69 Å². The number of anilines is 1. The first-order valence-corrected chi connectivity index (χ1v) is 12.3. The van der Waals surface area contributed by atoms with E-state index >= 15 is 0 Å². The molecule has 3 rings (SSSR count). The van der Waals surface area contributed by atoms with E-state index < -0.39 is 23.7 Å². The van der Waals surface area contributed by atoms with Crippen molar-refractivity contribution in [1.29, 1.82) is 0 Å². The summed E-state index contributed by atoms with van der Waals surface area (Å²) < 4.78 is 10.8. The highest BCUT2D eigenvalue weighted by Gasteiger charge is 2.35. The van der Waals surface area contributed by atoms with Crippen LogP contribution >= 0.6 is 0 Å². The average Bonchev–Trinajstić information content (AvgIpc) is 2.93. The van der Waals surface area contributed by atoms with Crippen LogP contribution in [0.4, 0.5) is 5.69 Å². The number of para-hydroxylation sites is 1. The van der Waals surface area contributed by atoms with Gasteiger partial charge < -0.3 is 9.47 Å². The van der Waals surface area contributed by atoms with E-state index in [4.69, 9.17) is 9.47 Å². The molecule has 188 valence electrons. The number of esters is 2. The van der Waals surface area contributed by atoms with Gasteiger partial charge in [-0.15, -0.1) is 0 Å². The van der Waals surface area contributed by atoms with Gasteiger partial charge >= 0.3 is 11.9 Å². The van der Waals surface area contributed by atoms with E-state index in [2.05, 4.69) is 5.32 Å². The lowest BCUT2D eigenvalue weighted by molar-refractivity contribution is -0.158. The molecule has 0 aliphatic carbocycles. The Kier molecular flexibility index (Phi) is 9.04. The van der Waals surface area contributed by atoms with Crippen LogP contribution in [0.2, 0.25) is 0 Å². The van der Waals surface area contributed by atoms with Gasteiger partial charge in [-0.05, 0) is 70.6 Å². The third kappa shape index (κ3) is 7.65. The summed E-state index contributed by atoms with van der Waals surface area (Å²) in [6.45, 7) is 7.28. The third-order valence-electron chi connectivity index (χ3n) is 5.80. The molecule has 1 N–H and O–H groups in total. The third-order valence-corrected chi connectivity index (χ3v) is 5.80. The van der Waals surface area contributed by atoms with E-state index in [0.29, 0.717) is 31.4 Å². The second kappa shape index (κ2) is 12.0. The molecule has 2 atom stereocenters. The Bertz CT molecular complexity index is 1020. The Labute approximate surface area is 207 Å². The van der Waals surface area contributed by atoms with Crippen molar-refractivity contribution in [1.82, 2.24) is 5.32 Å². The fraction of sp³-hybridized carbons (Fsp3) is 0.464. The van der Waals surface area contributed by atoms with E-state index in [1.54, 1.807) is 6.92 Å². The molecule has 0 fully saturated rings. The largest absolute Gasteiger partial charge is 0.465 e. The minimum absolute atomic E-state index is 0.178. The maximum absolute atomic E-state index is 13.7. The molecule has 7 heteroatoms. The molecule has 1 aliphatic heterocycles. The molecular weight excluding hydrogens is 444 g/mol. The van der Waals surface area contributed by atoms with Crippen LogP contribution < -0.4 is 10.2 Å². The van der Waals surface area contributed by atoms with Crippen LogP contribution in [0, 0.1) is 0 Å². The summed E-state index contributed by atoms with van der Waals surface area (Å²) in [6.07, 6.45) is 2.28. The number of carbonyl (C=O) groups is 3.